The SMILES string of the molecule is CC(N)c1nnnn1-c1cc(F)c(Br)cc1F. The molecule has 2 aromatic rings. The second kappa shape index (κ2) is 4.46. The number of rotatable bonds is 2. The average molecular weight is 304 g/mol. The largest absolute Gasteiger partial charge is 0.321 e. The summed E-state index contributed by atoms with van der Waals surface area (Å²) >= 11 is 2.89. The number of hydrogen-bond donors (Lipinski definition) is 1. The first-order valence-electron chi connectivity index (χ1n) is 4.69. The van der Waals surface area contributed by atoms with Gasteiger partial charge in [0.2, 0.25) is 0 Å². The van der Waals surface area contributed by atoms with Crippen molar-refractivity contribution in [2.24, 2.45) is 5.73 Å². The van der Waals surface area contributed by atoms with E-state index in [1.165, 1.54) is 0 Å². The minimum Gasteiger partial charge on any atom is -0.321 e. The average Bonchev–Trinajstić information content (AvgIpc) is 2.72. The van der Waals surface area contributed by atoms with Crippen LogP contribution in [0.4, 0.5) is 8.78 Å². The lowest BCUT2D eigenvalue weighted by atomic mass is 10.2. The van der Waals surface area contributed by atoms with Crippen LogP contribution >= 0.6 is 15.9 Å². The van der Waals surface area contributed by atoms with Gasteiger partial charge in [0.1, 0.15) is 17.3 Å². The van der Waals surface area contributed by atoms with Gasteiger partial charge in [-0.25, -0.2) is 8.78 Å². The summed E-state index contributed by atoms with van der Waals surface area (Å²) in [4.78, 5) is 0. The molecule has 1 aromatic carbocycles. The molecule has 0 aliphatic carbocycles. The van der Waals surface area contributed by atoms with Gasteiger partial charge in [0.25, 0.3) is 0 Å². The smallest absolute Gasteiger partial charge is 0.173 e. The quantitative estimate of drug-likeness (QED) is 0.858. The number of hydrogen-bond acceptors (Lipinski definition) is 4. The number of halogens is 3. The van der Waals surface area contributed by atoms with Crippen molar-refractivity contribution < 1.29 is 8.78 Å². The van der Waals surface area contributed by atoms with Gasteiger partial charge in [-0.15, -0.1) is 5.10 Å². The van der Waals surface area contributed by atoms with Crippen LogP contribution in [0.15, 0.2) is 16.6 Å². The van der Waals surface area contributed by atoms with E-state index in [0.717, 1.165) is 16.8 Å². The number of benzene rings is 1. The molecular weight excluding hydrogens is 296 g/mol. The molecule has 1 unspecified atom stereocenters. The van der Waals surface area contributed by atoms with Crippen molar-refractivity contribution in [3.05, 3.63) is 34.1 Å². The Labute approximate surface area is 104 Å². The van der Waals surface area contributed by atoms with Crippen molar-refractivity contribution in [2.45, 2.75) is 13.0 Å². The molecule has 17 heavy (non-hydrogen) atoms. The molecule has 0 amide bonds. The molecule has 0 fully saturated rings. The van der Waals surface area contributed by atoms with Gasteiger partial charge < -0.3 is 5.73 Å². The Hall–Kier alpha value is -1.41. The normalized spacial score (nSPS) is 12.8. The molecule has 0 radical (unpaired) electrons. The first-order chi connectivity index (χ1) is 8.00. The van der Waals surface area contributed by atoms with Gasteiger partial charge >= 0.3 is 0 Å². The van der Waals surface area contributed by atoms with Crippen LogP contribution < -0.4 is 5.73 Å². The third-order valence-corrected chi connectivity index (χ3v) is 2.73. The summed E-state index contributed by atoms with van der Waals surface area (Å²) in [5.74, 6) is -0.995. The van der Waals surface area contributed by atoms with Crippen molar-refractivity contribution in [3.63, 3.8) is 0 Å². The van der Waals surface area contributed by atoms with E-state index >= 15 is 0 Å². The molecule has 2 N–H and O–H groups in total. The van der Waals surface area contributed by atoms with Gasteiger partial charge in [0, 0.05) is 6.07 Å². The Bertz CT molecular complexity index is 554. The van der Waals surface area contributed by atoms with Gasteiger partial charge in [0.05, 0.1) is 10.5 Å². The van der Waals surface area contributed by atoms with Crippen molar-refractivity contribution in [2.75, 3.05) is 0 Å². The highest BCUT2D eigenvalue weighted by Crippen LogP contribution is 2.23. The van der Waals surface area contributed by atoms with Gasteiger partial charge in [0.15, 0.2) is 5.82 Å². The first kappa shape index (κ1) is 12.1. The number of aromatic nitrogens is 4. The Morgan fingerprint density at radius 3 is 2.71 bits per heavy atom. The summed E-state index contributed by atoms with van der Waals surface area (Å²) in [7, 11) is 0. The molecular formula is C9H8BrF2N5. The molecule has 0 aliphatic rings. The van der Waals surface area contributed by atoms with Crippen LogP contribution in [0.2, 0.25) is 0 Å². The summed E-state index contributed by atoms with van der Waals surface area (Å²) < 4.78 is 28.2. The summed E-state index contributed by atoms with van der Waals surface area (Å²) in [6.07, 6.45) is 0. The highest BCUT2D eigenvalue weighted by molar-refractivity contribution is 9.10. The van der Waals surface area contributed by atoms with Crippen LogP contribution in [0.1, 0.15) is 18.8 Å². The standard InChI is InChI=1S/C9H8BrF2N5/c1-4(13)9-14-15-16-17(9)8-3-6(11)5(10)2-7(8)12/h2-4H,13H2,1H3. The van der Waals surface area contributed by atoms with E-state index in [4.69, 9.17) is 5.73 Å². The summed E-state index contributed by atoms with van der Waals surface area (Å²) in [6.45, 7) is 1.65. The van der Waals surface area contributed by atoms with Crippen LogP contribution in [-0.2, 0) is 0 Å². The fourth-order valence-electron chi connectivity index (χ4n) is 1.32. The van der Waals surface area contributed by atoms with E-state index in [2.05, 4.69) is 31.5 Å². The summed E-state index contributed by atoms with van der Waals surface area (Å²) in [5.41, 5.74) is 5.54. The molecule has 8 heteroatoms. The Balaban J connectivity index is 2.60. The Morgan fingerprint density at radius 2 is 2.06 bits per heavy atom. The van der Waals surface area contributed by atoms with Crippen LogP contribution in [0.25, 0.3) is 5.69 Å². The minimum absolute atomic E-state index is 0.0363. The first-order valence-corrected chi connectivity index (χ1v) is 5.48. The zero-order valence-electron chi connectivity index (χ0n) is 8.73. The van der Waals surface area contributed by atoms with E-state index in [0.29, 0.717) is 0 Å². The van der Waals surface area contributed by atoms with Crippen LogP contribution in [-0.4, -0.2) is 20.2 Å². The second-order valence-electron chi connectivity index (χ2n) is 3.46. The molecule has 90 valence electrons. The molecule has 0 bridgehead atoms. The fourth-order valence-corrected chi connectivity index (χ4v) is 1.64. The van der Waals surface area contributed by atoms with Crippen molar-refractivity contribution >= 4 is 15.9 Å². The van der Waals surface area contributed by atoms with E-state index in [-0.39, 0.29) is 16.0 Å². The predicted molar refractivity (Wildman–Crippen MR) is 59.4 cm³/mol. The third kappa shape index (κ3) is 2.18. The third-order valence-electron chi connectivity index (χ3n) is 2.12. The number of nitrogens with zero attached hydrogens (tertiary/aromatic N) is 4. The van der Waals surface area contributed by atoms with E-state index < -0.39 is 17.7 Å². The van der Waals surface area contributed by atoms with E-state index in [1.807, 2.05) is 0 Å². The second-order valence-corrected chi connectivity index (χ2v) is 4.31. The topological polar surface area (TPSA) is 69.6 Å². The maximum Gasteiger partial charge on any atom is 0.173 e. The molecule has 1 aromatic heterocycles. The maximum atomic E-state index is 13.7. The molecule has 1 heterocycles. The van der Waals surface area contributed by atoms with Crippen molar-refractivity contribution in [3.8, 4) is 5.69 Å². The zero-order chi connectivity index (χ0) is 12.6. The van der Waals surface area contributed by atoms with Gasteiger partial charge in [-0.3, -0.25) is 0 Å². The zero-order valence-corrected chi connectivity index (χ0v) is 10.3. The van der Waals surface area contributed by atoms with Crippen LogP contribution in [0, 0.1) is 11.6 Å². The summed E-state index contributed by atoms with van der Waals surface area (Å²) in [6, 6.07) is 1.52. The van der Waals surface area contributed by atoms with E-state index in [9.17, 15) is 8.78 Å². The fraction of sp³-hybridized carbons (Fsp3) is 0.222. The van der Waals surface area contributed by atoms with Crippen molar-refractivity contribution in [1.82, 2.24) is 20.2 Å². The Morgan fingerprint density at radius 1 is 1.35 bits per heavy atom. The highest BCUT2D eigenvalue weighted by Gasteiger charge is 2.17. The predicted octanol–water partition coefficient (Wildman–Crippen LogP) is 1.72. The monoisotopic (exact) mass is 303 g/mol. The van der Waals surface area contributed by atoms with Crippen LogP contribution in [0.5, 0.6) is 0 Å². The lowest BCUT2D eigenvalue weighted by molar-refractivity contribution is 0.571. The molecule has 0 aliphatic heterocycles. The maximum absolute atomic E-state index is 13.7. The molecule has 5 nitrogen and oxygen atoms in total. The Kier molecular flexibility index (Phi) is 3.16. The molecule has 2 rings (SSSR count). The van der Waals surface area contributed by atoms with Gasteiger partial charge in [-0.05, 0) is 39.3 Å². The van der Waals surface area contributed by atoms with Gasteiger partial charge in [-0.1, -0.05) is 0 Å². The molecule has 1 atom stereocenters. The lowest BCUT2D eigenvalue weighted by Gasteiger charge is -2.08. The summed E-state index contributed by atoms with van der Waals surface area (Å²) in [5, 5.41) is 10.6. The van der Waals surface area contributed by atoms with E-state index in [1.54, 1.807) is 6.92 Å². The molecule has 0 spiro atoms. The minimum atomic E-state index is -0.646. The number of nitrogens with two attached hydrogens (primary N) is 1. The molecule has 0 saturated carbocycles. The lowest BCUT2D eigenvalue weighted by Crippen LogP contribution is -2.14. The highest BCUT2D eigenvalue weighted by atomic mass is 79.9. The van der Waals surface area contributed by atoms with Crippen molar-refractivity contribution in [1.29, 1.82) is 0 Å². The number of tetrazole rings is 1. The van der Waals surface area contributed by atoms with Crippen LogP contribution in [0.3, 0.4) is 0 Å². The van der Waals surface area contributed by atoms with Gasteiger partial charge in [-0.2, -0.15) is 4.68 Å². The molecule has 0 saturated heterocycles.